The summed E-state index contributed by atoms with van der Waals surface area (Å²) < 4.78 is 11.2. The van der Waals surface area contributed by atoms with Crippen molar-refractivity contribution in [3.63, 3.8) is 0 Å². The summed E-state index contributed by atoms with van der Waals surface area (Å²) in [7, 11) is 0. The van der Waals surface area contributed by atoms with Crippen LogP contribution in [0.4, 0.5) is 0 Å². The Kier molecular flexibility index (Phi) is 4.51. The van der Waals surface area contributed by atoms with E-state index >= 15 is 0 Å². The second kappa shape index (κ2) is 6.53. The van der Waals surface area contributed by atoms with E-state index in [2.05, 4.69) is 17.4 Å². The number of hydrogen-bond acceptors (Lipinski definition) is 4. The normalized spacial score (nSPS) is 19.4. The smallest absolute Gasteiger partial charge is 0.162 e. The second-order valence-electron chi connectivity index (χ2n) is 5.14. The van der Waals surface area contributed by atoms with E-state index in [1.54, 1.807) is 0 Å². The maximum atomic E-state index is 5.61. The van der Waals surface area contributed by atoms with Gasteiger partial charge in [0.2, 0.25) is 0 Å². The molecule has 1 aromatic rings. The molecule has 0 radical (unpaired) electrons. The van der Waals surface area contributed by atoms with E-state index in [9.17, 15) is 0 Å². The van der Waals surface area contributed by atoms with Crippen molar-refractivity contribution < 1.29 is 9.47 Å². The third-order valence-electron chi connectivity index (χ3n) is 3.77. The average molecular weight is 279 g/mol. The Bertz CT molecular complexity index is 419. The van der Waals surface area contributed by atoms with Gasteiger partial charge >= 0.3 is 0 Å². The summed E-state index contributed by atoms with van der Waals surface area (Å²) in [5, 5.41) is 3.42. The molecule has 0 atom stereocenters. The fraction of sp³-hybridized carbons (Fsp3) is 0.600. The van der Waals surface area contributed by atoms with Crippen LogP contribution in [0.5, 0.6) is 11.5 Å². The molecule has 0 saturated carbocycles. The molecule has 2 heterocycles. The summed E-state index contributed by atoms with van der Waals surface area (Å²) in [6.07, 6.45) is 3.99. The van der Waals surface area contributed by atoms with Crippen LogP contribution < -0.4 is 14.8 Å². The van der Waals surface area contributed by atoms with Gasteiger partial charge in [-0.05, 0) is 62.2 Å². The summed E-state index contributed by atoms with van der Waals surface area (Å²) in [5.41, 5.74) is 0. The Morgan fingerprint density at radius 1 is 1.11 bits per heavy atom. The molecule has 2 aliphatic rings. The number of fused-ring (bicyclic) bond motifs is 1. The van der Waals surface area contributed by atoms with Crippen molar-refractivity contribution in [1.29, 1.82) is 0 Å². The number of piperidine rings is 1. The van der Waals surface area contributed by atoms with Crippen molar-refractivity contribution in [3.8, 4) is 11.5 Å². The molecule has 1 aromatic carbocycles. The van der Waals surface area contributed by atoms with Crippen LogP contribution in [0.1, 0.15) is 19.3 Å². The first kappa shape index (κ1) is 13.1. The van der Waals surface area contributed by atoms with Gasteiger partial charge in [-0.3, -0.25) is 0 Å². The molecule has 0 aromatic heterocycles. The van der Waals surface area contributed by atoms with Crippen LogP contribution in [0.15, 0.2) is 23.1 Å². The van der Waals surface area contributed by atoms with Gasteiger partial charge in [-0.25, -0.2) is 0 Å². The van der Waals surface area contributed by atoms with E-state index in [1.807, 2.05) is 17.8 Å². The monoisotopic (exact) mass is 279 g/mol. The van der Waals surface area contributed by atoms with Gasteiger partial charge in [-0.1, -0.05) is 0 Å². The van der Waals surface area contributed by atoms with Crippen LogP contribution in [0.3, 0.4) is 0 Å². The minimum absolute atomic E-state index is 0.662. The van der Waals surface area contributed by atoms with E-state index in [-0.39, 0.29) is 0 Å². The molecule has 3 nitrogen and oxygen atoms in total. The SMILES string of the molecule is c1cc2c(cc1SCCC1CCNCC1)OCCO2. The molecule has 1 fully saturated rings. The van der Waals surface area contributed by atoms with Gasteiger partial charge in [0.15, 0.2) is 11.5 Å². The molecule has 0 amide bonds. The third-order valence-corrected chi connectivity index (χ3v) is 4.79. The van der Waals surface area contributed by atoms with Crippen LogP contribution in [-0.4, -0.2) is 32.1 Å². The molecule has 19 heavy (non-hydrogen) atoms. The van der Waals surface area contributed by atoms with E-state index in [0.717, 1.165) is 17.4 Å². The molecule has 3 rings (SSSR count). The maximum absolute atomic E-state index is 5.61. The zero-order valence-corrected chi connectivity index (χ0v) is 12.0. The lowest BCUT2D eigenvalue weighted by atomic mass is 9.96. The van der Waals surface area contributed by atoms with Gasteiger partial charge in [-0.15, -0.1) is 11.8 Å². The first-order chi connectivity index (χ1) is 9.42. The molecule has 1 N–H and O–H groups in total. The summed E-state index contributed by atoms with van der Waals surface area (Å²) in [6.45, 7) is 3.71. The van der Waals surface area contributed by atoms with Crippen LogP contribution in [0.25, 0.3) is 0 Å². The largest absolute Gasteiger partial charge is 0.486 e. The quantitative estimate of drug-likeness (QED) is 0.859. The molecule has 0 bridgehead atoms. The highest BCUT2D eigenvalue weighted by atomic mass is 32.2. The van der Waals surface area contributed by atoms with Crippen molar-refractivity contribution in [2.45, 2.75) is 24.2 Å². The first-order valence-corrected chi connectivity index (χ1v) is 8.13. The molecule has 2 aliphatic heterocycles. The molecule has 1 saturated heterocycles. The summed E-state index contributed by atoms with van der Waals surface area (Å²) in [4.78, 5) is 1.29. The van der Waals surface area contributed by atoms with Crippen LogP contribution in [0.2, 0.25) is 0 Å². The van der Waals surface area contributed by atoms with Gasteiger partial charge in [0.1, 0.15) is 13.2 Å². The van der Waals surface area contributed by atoms with Crippen LogP contribution in [-0.2, 0) is 0 Å². The summed E-state index contributed by atoms with van der Waals surface area (Å²) in [6, 6.07) is 6.28. The number of ether oxygens (including phenoxy) is 2. The Balaban J connectivity index is 1.49. The predicted molar refractivity (Wildman–Crippen MR) is 78.4 cm³/mol. The van der Waals surface area contributed by atoms with E-state index < -0.39 is 0 Å². The Morgan fingerprint density at radius 3 is 2.74 bits per heavy atom. The van der Waals surface area contributed by atoms with Gasteiger partial charge in [0.25, 0.3) is 0 Å². The highest BCUT2D eigenvalue weighted by Gasteiger charge is 2.14. The van der Waals surface area contributed by atoms with Gasteiger partial charge in [0.05, 0.1) is 0 Å². The highest BCUT2D eigenvalue weighted by Crippen LogP contribution is 2.34. The molecular weight excluding hydrogens is 258 g/mol. The fourth-order valence-corrected chi connectivity index (χ4v) is 3.67. The molecule has 0 spiro atoms. The maximum Gasteiger partial charge on any atom is 0.162 e. The number of benzene rings is 1. The van der Waals surface area contributed by atoms with Gasteiger partial charge < -0.3 is 14.8 Å². The topological polar surface area (TPSA) is 30.5 Å². The number of nitrogens with one attached hydrogen (secondary N) is 1. The highest BCUT2D eigenvalue weighted by molar-refractivity contribution is 7.99. The standard InChI is InChI=1S/C15H21NO2S/c1-2-14-15(18-9-8-17-14)11-13(1)19-10-5-12-3-6-16-7-4-12/h1-2,11-12,16H,3-10H2. The van der Waals surface area contributed by atoms with Crippen molar-refractivity contribution in [2.24, 2.45) is 5.92 Å². The van der Waals surface area contributed by atoms with E-state index in [4.69, 9.17) is 9.47 Å². The molecular formula is C15H21NO2S. The van der Waals surface area contributed by atoms with Gasteiger partial charge in [-0.2, -0.15) is 0 Å². The van der Waals surface area contributed by atoms with Crippen LogP contribution >= 0.6 is 11.8 Å². The summed E-state index contributed by atoms with van der Waals surface area (Å²) in [5.74, 6) is 3.89. The van der Waals surface area contributed by atoms with Crippen molar-refractivity contribution in [3.05, 3.63) is 18.2 Å². The Hall–Kier alpha value is -0.870. The lowest BCUT2D eigenvalue weighted by Crippen LogP contribution is -2.27. The average Bonchev–Trinajstić information content (AvgIpc) is 2.48. The molecule has 0 unspecified atom stereocenters. The summed E-state index contributed by atoms with van der Waals surface area (Å²) >= 11 is 1.93. The molecule has 4 heteroatoms. The minimum Gasteiger partial charge on any atom is -0.486 e. The Morgan fingerprint density at radius 2 is 1.89 bits per heavy atom. The van der Waals surface area contributed by atoms with Crippen LogP contribution in [0, 0.1) is 5.92 Å². The van der Waals surface area contributed by atoms with Gasteiger partial charge in [0, 0.05) is 4.90 Å². The van der Waals surface area contributed by atoms with E-state index in [0.29, 0.717) is 13.2 Å². The second-order valence-corrected chi connectivity index (χ2v) is 6.30. The number of rotatable bonds is 4. The fourth-order valence-electron chi connectivity index (χ4n) is 2.63. The molecule has 104 valence electrons. The lowest BCUT2D eigenvalue weighted by molar-refractivity contribution is 0.171. The van der Waals surface area contributed by atoms with Crippen molar-refractivity contribution in [1.82, 2.24) is 5.32 Å². The number of thioether (sulfide) groups is 1. The lowest BCUT2D eigenvalue weighted by Gasteiger charge is -2.22. The zero-order valence-electron chi connectivity index (χ0n) is 11.2. The minimum atomic E-state index is 0.662. The zero-order chi connectivity index (χ0) is 12.9. The van der Waals surface area contributed by atoms with Crippen molar-refractivity contribution >= 4 is 11.8 Å². The van der Waals surface area contributed by atoms with E-state index in [1.165, 1.54) is 43.0 Å². The number of hydrogen-bond donors (Lipinski definition) is 1. The Labute approximate surface area is 119 Å². The third kappa shape index (κ3) is 3.57. The molecule has 0 aliphatic carbocycles. The predicted octanol–water partition coefficient (Wildman–Crippen LogP) is 2.94. The first-order valence-electron chi connectivity index (χ1n) is 7.15. The van der Waals surface area contributed by atoms with Crippen molar-refractivity contribution in [2.75, 3.05) is 32.1 Å².